The van der Waals surface area contributed by atoms with Gasteiger partial charge in [-0.25, -0.2) is 0 Å². The highest BCUT2D eigenvalue weighted by molar-refractivity contribution is 5.75. The molecule has 1 aliphatic rings. The van der Waals surface area contributed by atoms with E-state index < -0.39 is 11.4 Å². The highest BCUT2D eigenvalue weighted by atomic mass is 16.5. The van der Waals surface area contributed by atoms with Gasteiger partial charge in [0.25, 0.3) is 0 Å². The van der Waals surface area contributed by atoms with Crippen molar-refractivity contribution in [1.29, 1.82) is 0 Å². The van der Waals surface area contributed by atoms with Crippen LogP contribution in [0.3, 0.4) is 0 Å². The summed E-state index contributed by atoms with van der Waals surface area (Å²) in [6.45, 7) is 8.34. The number of carboxylic acid groups (broad SMARTS) is 1. The summed E-state index contributed by atoms with van der Waals surface area (Å²) < 4.78 is 5.30. The number of rotatable bonds is 6. The molecule has 0 aromatic rings. The van der Waals surface area contributed by atoms with E-state index in [0.717, 1.165) is 6.42 Å². The Morgan fingerprint density at radius 1 is 1.33 bits per heavy atom. The van der Waals surface area contributed by atoms with Crippen LogP contribution in [0, 0.1) is 11.3 Å². The van der Waals surface area contributed by atoms with Crippen molar-refractivity contribution in [2.45, 2.75) is 46.1 Å². The monoisotopic (exact) mass is 257 g/mol. The topological polar surface area (TPSA) is 49.8 Å². The van der Waals surface area contributed by atoms with Crippen LogP contribution in [0.4, 0.5) is 0 Å². The van der Waals surface area contributed by atoms with Crippen LogP contribution in [0.25, 0.3) is 0 Å². The van der Waals surface area contributed by atoms with Crippen molar-refractivity contribution in [3.05, 3.63) is 0 Å². The lowest BCUT2D eigenvalue weighted by molar-refractivity contribution is -0.156. The number of nitrogens with zero attached hydrogens (tertiary/aromatic N) is 1. The fourth-order valence-corrected chi connectivity index (χ4v) is 2.70. The second-order valence-electron chi connectivity index (χ2n) is 6.09. The fraction of sp³-hybridized carbons (Fsp3) is 0.929. The number of carboxylic acids is 1. The number of ether oxygens (including phenoxy) is 1. The molecule has 0 spiro atoms. The Morgan fingerprint density at radius 2 is 1.89 bits per heavy atom. The molecule has 1 rings (SSSR count). The number of hydrogen-bond donors (Lipinski definition) is 1. The fourth-order valence-electron chi connectivity index (χ4n) is 2.70. The lowest BCUT2D eigenvalue weighted by Crippen LogP contribution is -2.48. The smallest absolute Gasteiger partial charge is 0.311 e. The molecule has 0 aliphatic carbocycles. The molecule has 1 heterocycles. The molecule has 1 fully saturated rings. The van der Waals surface area contributed by atoms with Crippen LogP contribution in [0.15, 0.2) is 0 Å². The molecular formula is C14H27NO3. The summed E-state index contributed by atoms with van der Waals surface area (Å²) in [4.78, 5) is 13.8. The van der Waals surface area contributed by atoms with Crippen LogP contribution in [0.1, 0.15) is 40.0 Å². The van der Waals surface area contributed by atoms with Gasteiger partial charge in [-0.05, 0) is 39.2 Å². The van der Waals surface area contributed by atoms with Crippen molar-refractivity contribution in [3.8, 4) is 0 Å². The van der Waals surface area contributed by atoms with Gasteiger partial charge in [0.1, 0.15) is 0 Å². The Kier molecular flexibility index (Phi) is 5.60. The summed E-state index contributed by atoms with van der Waals surface area (Å²) in [6, 6.07) is 0.420. The minimum atomic E-state index is -0.672. The van der Waals surface area contributed by atoms with Crippen molar-refractivity contribution >= 4 is 5.97 Å². The Morgan fingerprint density at radius 3 is 2.33 bits per heavy atom. The summed E-state index contributed by atoms with van der Waals surface area (Å²) >= 11 is 0. The van der Waals surface area contributed by atoms with Gasteiger partial charge < -0.3 is 14.7 Å². The average molecular weight is 257 g/mol. The molecule has 0 bridgehead atoms. The zero-order valence-corrected chi connectivity index (χ0v) is 12.1. The maximum absolute atomic E-state index is 11.6. The lowest BCUT2D eigenvalue weighted by Gasteiger charge is -2.38. The predicted molar refractivity (Wildman–Crippen MR) is 71.7 cm³/mol. The molecule has 106 valence electrons. The van der Waals surface area contributed by atoms with E-state index in [-0.39, 0.29) is 0 Å². The maximum atomic E-state index is 11.6. The largest absolute Gasteiger partial charge is 0.481 e. The molecule has 4 heteroatoms. The van der Waals surface area contributed by atoms with Crippen LogP contribution >= 0.6 is 0 Å². The third-order valence-corrected chi connectivity index (χ3v) is 4.02. The van der Waals surface area contributed by atoms with Crippen LogP contribution < -0.4 is 0 Å². The highest BCUT2D eigenvalue weighted by Crippen LogP contribution is 2.32. The number of carbonyl (C=O) groups is 1. The van der Waals surface area contributed by atoms with Crippen molar-refractivity contribution in [3.63, 3.8) is 0 Å². The molecule has 1 atom stereocenters. The first-order valence-electron chi connectivity index (χ1n) is 6.89. The summed E-state index contributed by atoms with van der Waals surface area (Å²) in [5.41, 5.74) is -0.613. The van der Waals surface area contributed by atoms with Crippen molar-refractivity contribution in [2.75, 3.05) is 26.8 Å². The molecule has 4 nitrogen and oxygen atoms in total. The molecule has 0 aromatic carbocycles. The third kappa shape index (κ3) is 3.95. The van der Waals surface area contributed by atoms with E-state index in [4.69, 9.17) is 4.74 Å². The molecule has 0 aromatic heterocycles. The van der Waals surface area contributed by atoms with Crippen molar-refractivity contribution in [1.82, 2.24) is 4.90 Å². The van der Waals surface area contributed by atoms with Gasteiger partial charge in [-0.1, -0.05) is 13.8 Å². The molecule has 0 amide bonds. The van der Waals surface area contributed by atoms with E-state index in [2.05, 4.69) is 25.7 Å². The maximum Gasteiger partial charge on any atom is 0.311 e. The van der Waals surface area contributed by atoms with Crippen LogP contribution in [0.5, 0.6) is 0 Å². The van der Waals surface area contributed by atoms with Gasteiger partial charge in [0.2, 0.25) is 0 Å². The van der Waals surface area contributed by atoms with Crippen LogP contribution in [-0.2, 0) is 9.53 Å². The normalized spacial score (nSPS) is 21.2. The third-order valence-electron chi connectivity index (χ3n) is 4.02. The second-order valence-corrected chi connectivity index (χ2v) is 6.09. The first-order valence-corrected chi connectivity index (χ1v) is 6.89. The zero-order valence-electron chi connectivity index (χ0n) is 12.1. The van der Waals surface area contributed by atoms with E-state index in [1.54, 1.807) is 0 Å². The van der Waals surface area contributed by atoms with E-state index in [0.29, 0.717) is 44.6 Å². The van der Waals surface area contributed by atoms with Gasteiger partial charge >= 0.3 is 5.97 Å². The standard InChI is InChI=1S/C14H27NO3/c1-11(2)9-12(3)15(4)10-14(13(16)17)5-7-18-8-6-14/h11-12H,5-10H2,1-4H3,(H,16,17). The van der Waals surface area contributed by atoms with Crippen LogP contribution in [0.2, 0.25) is 0 Å². The summed E-state index contributed by atoms with van der Waals surface area (Å²) in [7, 11) is 2.03. The van der Waals surface area contributed by atoms with Gasteiger partial charge in [0, 0.05) is 25.8 Å². The quantitative estimate of drug-likeness (QED) is 0.793. The summed E-state index contributed by atoms with van der Waals surface area (Å²) in [5.74, 6) is -0.0349. The molecule has 1 aliphatic heterocycles. The lowest BCUT2D eigenvalue weighted by atomic mass is 9.79. The van der Waals surface area contributed by atoms with Gasteiger partial charge in [-0.2, -0.15) is 0 Å². The van der Waals surface area contributed by atoms with E-state index >= 15 is 0 Å². The Hall–Kier alpha value is -0.610. The Bertz CT molecular complexity index is 272. The summed E-state index contributed by atoms with van der Waals surface area (Å²) in [6.07, 6.45) is 2.35. The highest BCUT2D eigenvalue weighted by Gasteiger charge is 2.41. The first kappa shape index (κ1) is 15.4. The minimum absolute atomic E-state index is 0.420. The zero-order chi connectivity index (χ0) is 13.8. The summed E-state index contributed by atoms with van der Waals surface area (Å²) in [5, 5.41) is 9.52. The van der Waals surface area contributed by atoms with Gasteiger partial charge in [0.05, 0.1) is 5.41 Å². The average Bonchev–Trinajstić information content (AvgIpc) is 2.29. The SMILES string of the molecule is CC(C)CC(C)N(C)CC1(C(=O)O)CCOCC1. The van der Waals surface area contributed by atoms with E-state index in [1.165, 1.54) is 0 Å². The Balaban J connectivity index is 2.63. The molecular weight excluding hydrogens is 230 g/mol. The minimum Gasteiger partial charge on any atom is -0.481 e. The predicted octanol–water partition coefficient (Wildman–Crippen LogP) is 2.23. The second kappa shape index (κ2) is 6.53. The van der Waals surface area contributed by atoms with Gasteiger partial charge in [-0.15, -0.1) is 0 Å². The van der Waals surface area contributed by atoms with Gasteiger partial charge in [0.15, 0.2) is 0 Å². The Labute approximate surface area is 110 Å². The van der Waals surface area contributed by atoms with Crippen molar-refractivity contribution in [2.24, 2.45) is 11.3 Å². The molecule has 0 saturated carbocycles. The molecule has 0 radical (unpaired) electrons. The van der Waals surface area contributed by atoms with Crippen LogP contribution in [-0.4, -0.2) is 48.8 Å². The van der Waals surface area contributed by atoms with Crippen molar-refractivity contribution < 1.29 is 14.6 Å². The molecule has 1 unspecified atom stereocenters. The molecule has 18 heavy (non-hydrogen) atoms. The number of aliphatic carboxylic acids is 1. The van der Waals surface area contributed by atoms with E-state index in [9.17, 15) is 9.90 Å². The van der Waals surface area contributed by atoms with E-state index in [1.807, 2.05) is 7.05 Å². The first-order chi connectivity index (χ1) is 8.37. The van der Waals surface area contributed by atoms with Gasteiger partial charge in [-0.3, -0.25) is 4.79 Å². The molecule has 1 saturated heterocycles. The number of hydrogen-bond acceptors (Lipinski definition) is 3. The molecule has 1 N–H and O–H groups in total.